The summed E-state index contributed by atoms with van der Waals surface area (Å²) in [7, 11) is 0. The van der Waals surface area contributed by atoms with Crippen LogP contribution in [0.3, 0.4) is 0 Å². The van der Waals surface area contributed by atoms with Gasteiger partial charge in [0.15, 0.2) is 0 Å². The number of allylic oxidation sites excluding steroid dienone is 2. The number of rotatable bonds is 3. The molecule has 2 aliphatic carbocycles. The highest BCUT2D eigenvalue weighted by Gasteiger charge is 2.39. The van der Waals surface area contributed by atoms with E-state index in [0.717, 1.165) is 19.3 Å². The van der Waals surface area contributed by atoms with Gasteiger partial charge in [-0.1, -0.05) is 32.4 Å². The van der Waals surface area contributed by atoms with Crippen molar-refractivity contribution in [3.8, 4) is 0 Å². The average molecular weight is 265 g/mol. The van der Waals surface area contributed by atoms with Crippen LogP contribution in [-0.2, 0) is 9.59 Å². The third kappa shape index (κ3) is 2.99. The number of carboxylic acid groups (broad SMARTS) is 1. The van der Waals surface area contributed by atoms with Gasteiger partial charge < -0.3 is 10.4 Å². The average Bonchev–Trinajstić information content (AvgIpc) is 2.68. The van der Waals surface area contributed by atoms with E-state index in [2.05, 4.69) is 19.2 Å². The Morgan fingerprint density at radius 2 is 1.84 bits per heavy atom. The zero-order chi connectivity index (χ0) is 14.0. The number of nitrogens with one attached hydrogen (secondary N) is 1. The highest BCUT2D eigenvalue weighted by Crippen LogP contribution is 2.37. The minimum Gasteiger partial charge on any atom is -0.481 e. The van der Waals surface area contributed by atoms with Crippen molar-refractivity contribution in [1.82, 2.24) is 5.32 Å². The van der Waals surface area contributed by atoms with Crippen molar-refractivity contribution in [2.24, 2.45) is 17.3 Å². The predicted molar refractivity (Wildman–Crippen MR) is 72.6 cm³/mol. The third-order valence-electron chi connectivity index (χ3n) is 4.66. The van der Waals surface area contributed by atoms with Crippen molar-refractivity contribution in [2.75, 3.05) is 0 Å². The summed E-state index contributed by atoms with van der Waals surface area (Å²) in [5.74, 6) is -1.94. The second-order valence-electron chi connectivity index (χ2n) is 6.44. The normalized spacial score (nSPS) is 33.1. The molecule has 2 N–H and O–H groups in total. The Balaban J connectivity index is 2.02. The standard InChI is InChI=1S/C15H23NO3/c1-15(2)9-5-8-12(15)16-13(17)10-6-3-4-7-11(10)14(18)19/h3-4,10-12H,5-9H2,1-2H3,(H,16,17)(H,18,19)/t10-,11+,12?/m1/s1. The van der Waals surface area contributed by atoms with Crippen LogP contribution < -0.4 is 5.32 Å². The molecule has 0 bridgehead atoms. The van der Waals surface area contributed by atoms with Gasteiger partial charge in [0.2, 0.25) is 5.91 Å². The Labute approximate surface area is 114 Å². The molecule has 1 unspecified atom stereocenters. The Bertz CT molecular complexity index is 400. The van der Waals surface area contributed by atoms with E-state index in [0.29, 0.717) is 12.8 Å². The number of carbonyl (C=O) groups excluding carboxylic acids is 1. The van der Waals surface area contributed by atoms with Crippen LogP contribution in [0, 0.1) is 17.3 Å². The largest absolute Gasteiger partial charge is 0.481 e. The summed E-state index contributed by atoms with van der Waals surface area (Å²) in [5.41, 5.74) is 0.124. The first-order valence-electron chi connectivity index (χ1n) is 7.10. The van der Waals surface area contributed by atoms with E-state index in [-0.39, 0.29) is 17.4 Å². The molecule has 1 saturated carbocycles. The molecule has 0 aromatic carbocycles. The van der Waals surface area contributed by atoms with E-state index >= 15 is 0 Å². The molecule has 4 heteroatoms. The van der Waals surface area contributed by atoms with Gasteiger partial charge in [-0.05, 0) is 31.1 Å². The van der Waals surface area contributed by atoms with Crippen LogP contribution >= 0.6 is 0 Å². The lowest BCUT2D eigenvalue weighted by atomic mass is 9.81. The summed E-state index contributed by atoms with van der Waals surface area (Å²) >= 11 is 0. The van der Waals surface area contributed by atoms with E-state index in [1.54, 1.807) is 0 Å². The second-order valence-corrected chi connectivity index (χ2v) is 6.44. The van der Waals surface area contributed by atoms with Crippen LogP contribution in [0.2, 0.25) is 0 Å². The van der Waals surface area contributed by atoms with Crippen LogP contribution in [0.25, 0.3) is 0 Å². The number of amides is 1. The SMILES string of the molecule is CC1(C)CCCC1NC(=O)[C@@H]1CC=CC[C@@H]1C(=O)O. The third-order valence-corrected chi connectivity index (χ3v) is 4.66. The van der Waals surface area contributed by atoms with Crippen molar-refractivity contribution in [1.29, 1.82) is 0 Å². The minimum atomic E-state index is -0.866. The molecule has 4 nitrogen and oxygen atoms in total. The summed E-state index contributed by atoms with van der Waals surface area (Å²) in [6.07, 6.45) is 8.03. The molecule has 0 aromatic heterocycles. The zero-order valence-corrected chi connectivity index (χ0v) is 11.7. The molecule has 1 amide bonds. The van der Waals surface area contributed by atoms with Crippen LogP contribution in [0.5, 0.6) is 0 Å². The summed E-state index contributed by atoms with van der Waals surface area (Å²) in [6.45, 7) is 4.33. The Morgan fingerprint density at radius 1 is 1.21 bits per heavy atom. The maximum Gasteiger partial charge on any atom is 0.307 e. The molecule has 2 aliphatic rings. The Morgan fingerprint density at radius 3 is 2.37 bits per heavy atom. The molecule has 0 aliphatic heterocycles. The Hall–Kier alpha value is -1.32. The van der Waals surface area contributed by atoms with Gasteiger partial charge in [-0.25, -0.2) is 0 Å². The van der Waals surface area contributed by atoms with Crippen LogP contribution in [0.4, 0.5) is 0 Å². The first-order valence-corrected chi connectivity index (χ1v) is 7.10. The van der Waals surface area contributed by atoms with E-state index in [9.17, 15) is 14.7 Å². The molecule has 0 heterocycles. The van der Waals surface area contributed by atoms with Gasteiger partial charge in [-0.15, -0.1) is 0 Å². The summed E-state index contributed by atoms with van der Waals surface area (Å²) in [6, 6.07) is 0.181. The van der Waals surface area contributed by atoms with Gasteiger partial charge in [0.05, 0.1) is 11.8 Å². The molecular weight excluding hydrogens is 242 g/mol. The monoisotopic (exact) mass is 265 g/mol. The summed E-state index contributed by atoms with van der Waals surface area (Å²) < 4.78 is 0. The maximum absolute atomic E-state index is 12.3. The molecule has 3 atom stereocenters. The number of hydrogen-bond donors (Lipinski definition) is 2. The van der Waals surface area contributed by atoms with Crippen molar-refractivity contribution in [3.05, 3.63) is 12.2 Å². The summed E-state index contributed by atoms with van der Waals surface area (Å²) in [4.78, 5) is 23.6. The fourth-order valence-electron chi connectivity index (χ4n) is 3.25. The molecule has 0 saturated heterocycles. The molecule has 19 heavy (non-hydrogen) atoms. The molecule has 0 radical (unpaired) electrons. The number of carboxylic acids is 1. The first kappa shape index (κ1) is 14.1. The topological polar surface area (TPSA) is 66.4 Å². The van der Waals surface area contributed by atoms with Crippen molar-refractivity contribution < 1.29 is 14.7 Å². The van der Waals surface area contributed by atoms with E-state index in [1.807, 2.05) is 12.2 Å². The number of hydrogen-bond acceptors (Lipinski definition) is 2. The van der Waals surface area contributed by atoms with E-state index < -0.39 is 17.8 Å². The van der Waals surface area contributed by atoms with Gasteiger partial charge in [0.25, 0.3) is 0 Å². The summed E-state index contributed by atoms with van der Waals surface area (Å²) in [5, 5.41) is 12.3. The van der Waals surface area contributed by atoms with Gasteiger partial charge in [0.1, 0.15) is 0 Å². The van der Waals surface area contributed by atoms with Gasteiger partial charge in [0, 0.05) is 6.04 Å². The predicted octanol–water partition coefficient (Wildman–Crippen LogP) is 2.35. The fraction of sp³-hybridized carbons (Fsp3) is 0.733. The van der Waals surface area contributed by atoms with Crippen LogP contribution in [0.15, 0.2) is 12.2 Å². The molecule has 0 spiro atoms. The molecule has 106 valence electrons. The lowest BCUT2D eigenvalue weighted by Gasteiger charge is -2.31. The van der Waals surface area contributed by atoms with Crippen molar-refractivity contribution in [3.63, 3.8) is 0 Å². The molecule has 0 aromatic rings. The van der Waals surface area contributed by atoms with Gasteiger partial charge >= 0.3 is 5.97 Å². The molecular formula is C15H23NO3. The Kier molecular flexibility index (Phi) is 3.97. The van der Waals surface area contributed by atoms with Gasteiger partial charge in [-0.3, -0.25) is 9.59 Å². The molecule has 1 fully saturated rings. The van der Waals surface area contributed by atoms with Gasteiger partial charge in [-0.2, -0.15) is 0 Å². The maximum atomic E-state index is 12.3. The first-order chi connectivity index (χ1) is 8.92. The quantitative estimate of drug-likeness (QED) is 0.770. The smallest absolute Gasteiger partial charge is 0.307 e. The highest BCUT2D eigenvalue weighted by molar-refractivity contribution is 5.85. The number of carbonyl (C=O) groups is 2. The lowest BCUT2D eigenvalue weighted by molar-refractivity contribution is -0.147. The lowest BCUT2D eigenvalue weighted by Crippen LogP contribution is -2.47. The van der Waals surface area contributed by atoms with Crippen LogP contribution in [0.1, 0.15) is 46.0 Å². The highest BCUT2D eigenvalue weighted by atomic mass is 16.4. The van der Waals surface area contributed by atoms with Crippen molar-refractivity contribution >= 4 is 11.9 Å². The second kappa shape index (κ2) is 5.35. The van der Waals surface area contributed by atoms with Crippen molar-refractivity contribution in [2.45, 2.75) is 52.0 Å². The fourth-order valence-corrected chi connectivity index (χ4v) is 3.25. The molecule has 2 rings (SSSR count). The number of aliphatic carboxylic acids is 1. The van der Waals surface area contributed by atoms with E-state index in [4.69, 9.17) is 0 Å². The minimum absolute atomic E-state index is 0.0864. The van der Waals surface area contributed by atoms with E-state index in [1.165, 1.54) is 0 Å². The zero-order valence-electron chi connectivity index (χ0n) is 11.7. The van der Waals surface area contributed by atoms with Crippen LogP contribution in [-0.4, -0.2) is 23.0 Å².